The molecule has 0 saturated heterocycles. The van der Waals surface area contributed by atoms with Crippen molar-refractivity contribution in [3.05, 3.63) is 18.2 Å². The van der Waals surface area contributed by atoms with Gasteiger partial charge in [0.15, 0.2) is 0 Å². The fourth-order valence-corrected chi connectivity index (χ4v) is 3.35. The van der Waals surface area contributed by atoms with E-state index in [1.54, 1.807) is 12.3 Å². The lowest BCUT2D eigenvalue weighted by Crippen LogP contribution is -2.23. The van der Waals surface area contributed by atoms with Crippen molar-refractivity contribution < 1.29 is 12.6 Å². The van der Waals surface area contributed by atoms with Gasteiger partial charge in [-0.3, -0.25) is 4.21 Å². The first-order chi connectivity index (χ1) is 9.64. The van der Waals surface area contributed by atoms with E-state index < -0.39 is 20.8 Å². The molecule has 2 atom stereocenters. The Kier molecular flexibility index (Phi) is 6.18. The topological polar surface area (TPSA) is 92.5 Å². The van der Waals surface area contributed by atoms with Crippen LogP contribution in [0, 0.1) is 0 Å². The lowest BCUT2D eigenvalue weighted by molar-refractivity contribution is 0.521. The highest BCUT2D eigenvalue weighted by molar-refractivity contribution is 7.89. The maximum atomic E-state index is 12.0. The number of anilines is 2. The maximum Gasteiger partial charge on any atom is 0.242 e. The van der Waals surface area contributed by atoms with Gasteiger partial charge in [0.05, 0.1) is 16.3 Å². The molecule has 1 aromatic rings. The Morgan fingerprint density at radius 1 is 1.38 bits per heavy atom. The molecule has 1 rings (SSSR count). The minimum absolute atomic E-state index is 0.104. The molecule has 1 aromatic carbocycles. The van der Waals surface area contributed by atoms with Crippen molar-refractivity contribution in [1.82, 2.24) is 4.31 Å². The van der Waals surface area contributed by atoms with Crippen molar-refractivity contribution in [3.63, 3.8) is 0 Å². The van der Waals surface area contributed by atoms with Crippen LogP contribution in [0.1, 0.15) is 13.3 Å². The molecular weight excluding hydrogens is 310 g/mol. The average molecular weight is 333 g/mol. The van der Waals surface area contributed by atoms with Crippen LogP contribution in [-0.4, -0.2) is 49.1 Å². The van der Waals surface area contributed by atoms with Crippen LogP contribution in [0.4, 0.5) is 11.4 Å². The molecular formula is C13H23N3O3S2. The minimum Gasteiger partial charge on any atom is -0.397 e. The molecule has 8 heteroatoms. The van der Waals surface area contributed by atoms with Crippen LogP contribution >= 0.6 is 0 Å². The molecule has 0 saturated carbocycles. The van der Waals surface area contributed by atoms with Gasteiger partial charge in [0.2, 0.25) is 10.0 Å². The van der Waals surface area contributed by atoms with Crippen molar-refractivity contribution in [3.8, 4) is 0 Å². The molecule has 0 aliphatic carbocycles. The van der Waals surface area contributed by atoms with Crippen LogP contribution in [0.5, 0.6) is 0 Å². The third-order valence-corrected chi connectivity index (χ3v) is 5.66. The van der Waals surface area contributed by atoms with Gasteiger partial charge in [-0.2, -0.15) is 0 Å². The second-order valence-electron chi connectivity index (χ2n) is 5.15. The smallest absolute Gasteiger partial charge is 0.242 e. The van der Waals surface area contributed by atoms with Crippen LogP contribution < -0.4 is 11.1 Å². The number of nitrogens with two attached hydrogens (primary N) is 1. The van der Waals surface area contributed by atoms with Crippen LogP contribution in [-0.2, 0) is 20.8 Å². The number of rotatable bonds is 7. The van der Waals surface area contributed by atoms with Gasteiger partial charge in [-0.15, -0.1) is 0 Å². The summed E-state index contributed by atoms with van der Waals surface area (Å²) in [7, 11) is -1.35. The third kappa shape index (κ3) is 4.98. The zero-order chi connectivity index (χ0) is 16.2. The Morgan fingerprint density at radius 3 is 2.48 bits per heavy atom. The summed E-state index contributed by atoms with van der Waals surface area (Å²) in [5, 5.41) is 3.21. The molecule has 120 valence electrons. The molecule has 0 aromatic heterocycles. The van der Waals surface area contributed by atoms with Crippen molar-refractivity contribution >= 4 is 32.2 Å². The van der Waals surface area contributed by atoms with Crippen molar-refractivity contribution in [2.75, 3.05) is 37.2 Å². The van der Waals surface area contributed by atoms with Crippen molar-refractivity contribution in [1.29, 1.82) is 0 Å². The SMILES string of the molecule is CC(CCS(C)=O)Nc1ccc(S(=O)(=O)N(C)C)cc1N. The number of sulfonamides is 1. The van der Waals surface area contributed by atoms with E-state index in [-0.39, 0.29) is 10.9 Å². The van der Waals surface area contributed by atoms with Gasteiger partial charge >= 0.3 is 0 Å². The molecule has 0 heterocycles. The summed E-state index contributed by atoms with van der Waals surface area (Å²) < 4.78 is 36.2. The Bertz CT molecular complexity index is 615. The van der Waals surface area contributed by atoms with Crippen LogP contribution in [0.2, 0.25) is 0 Å². The van der Waals surface area contributed by atoms with Gasteiger partial charge in [0.1, 0.15) is 0 Å². The first kappa shape index (κ1) is 17.9. The molecule has 21 heavy (non-hydrogen) atoms. The van der Waals surface area contributed by atoms with Crippen molar-refractivity contribution in [2.45, 2.75) is 24.3 Å². The third-order valence-electron chi connectivity index (χ3n) is 3.04. The summed E-state index contributed by atoms with van der Waals surface area (Å²) in [6.07, 6.45) is 2.42. The standard InChI is InChI=1S/C13H23N3O3S2/c1-10(7-8-20(4)17)15-13-6-5-11(9-12(13)14)21(18,19)16(2)3/h5-6,9-10,15H,7-8,14H2,1-4H3. The number of nitrogens with one attached hydrogen (secondary N) is 1. The summed E-state index contributed by atoms with van der Waals surface area (Å²) >= 11 is 0. The Morgan fingerprint density at radius 2 is 2.00 bits per heavy atom. The van der Waals surface area contributed by atoms with E-state index in [9.17, 15) is 12.6 Å². The van der Waals surface area contributed by atoms with E-state index in [0.29, 0.717) is 17.1 Å². The minimum atomic E-state index is -3.48. The monoisotopic (exact) mass is 333 g/mol. The second-order valence-corrected chi connectivity index (χ2v) is 8.85. The predicted molar refractivity (Wildman–Crippen MR) is 88.4 cm³/mol. The summed E-state index contributed by atoms with van der Waals surface area (Å²) in [5.74, 6) is 0.612. The highest BCUT2D eigenvalue weighted by atomic mass is 32.2. The molecule has 0 aliphatic heterocycles. The summed E-state index contributed by atoms with van der Waals surface area (Å²) in [4.78, 5) is 0.165. The van der Waals surface area contributed by atoms with Gasteiger partial charge < -0.3 is 11.1 Å². The molecule has 0 aliphatic rings. The number of hydrogen-bond donors (Lipinski definition) is 2. The van der Waals surface area contributed by atoms with Crippen LogP contribution in [0.3, 0.4) is 0 Å². The summed E-state index contributed by atoms with van der Waals surface area (Å²) in [6, 6.07) is 4.74. The predicted octanol–water partition coefficient (Wildman–Crippen LogP) is 1.09. The lowest BCUT2D eigenvalue weighted by Gasteiger charge is -2.18. The zero-order valence-corrected chi connectivity index (χ0v) is 14.4. The quantitative estimate of drug-likeness (QED) is 0.729. The molecule has 3 N–H and O–H groups in total. The molecule has 0 bridgehead atoms. The van der Waals surface area contributed by atoms with Crippen LogP contribution in [0.15, 0.2) is 23.1 Å². The molecule has 0 fully saturated rings. The van der Waals surface area contributed by atoms with Gasteiger partial charge in [0.25, 0.3) is 0 Å². The van der Waals surface area contributed by atoms with Crippen molar-refractivity contribution in [2.24, 2.45) is 0 Å². The number of benzene rings is 1. The van der Waals surface area contributed by atoms with E-state index in [1.165, 1.54) is 26.2 Å². The normalized spacial score (nSPS) is 14.9. The zero-order valence-electron chi connectivity index (χ0n) is 12.8. The van der Waals surface area contributed by atoms with Gasteiger partial charge in [0, 0.05) is 42.9 Å². The first-order valence-corrected chi connectivity index (χ1v) is 9.70. The Labute approximate surface area is 129 Å². The number of nitrogen functional groups attached to an aromatic ring is 1. The molecule has 0 radical (unpaired) electrons. The summed E-state index contributed by atoms with van der Waals surface area (Å²) in [6.45, 7) is 1.97. The summed E-state index contributed by atoms with van der Waals surface area (Å²) in [5.41, 5.74) is 6.98. The maximum absolute atomic E-state index is 12.0. The average Bonchev–Trinajstić information content (AvgIpc) is 2.38. The Hall–Kier alpha value is -1.12. The van der Waals surface area contributed by atoms with E-state index in [2.05, 4.69) is 5.32 Å². The largest absolute Gasteiger partial charge is 0.397 e. The van der Waals surface area contributed by atoms with Gasteiger partial charge in [-0.25, -0.2) is 12.7 Å². The lowest BCUT2D eigenvalue weighted by atomic mass is 10.2. The molecule has 0 spiro atoms. The molecule has 6 nitrogen and oxygen atoms in total. The highest BCUT2D eigenvalue weighted by Crippen LogP contribution is 2.24. The number of hydrogen-bond acceptors (Lipinski definition) is 5. The number of nitrogens with zero attached hydrogens (tertiary/aromatic N) is 1. The molecule has 2 unspecified atom stereocenters. The molecule has 0 amide bonds. The van der Waals surface area contributed by atoms with Gasteiger partial charge in [-0.1, -0.05) is 0 Å². The second kappa shape index (κ2) is 7.24. The van der Waals surface area contributed by atoms with E-state index in [0.717, 1.165) is 10.7 Å². The fourth-order valence-electron chi connectivity index (χ4n) is 1.72. The van der Waals surface area contributed by atoms with Gasteiger partial charge in [-0.05, 0) is 31.5 Å². The van der Waals surface area contributed by atoms with E-state index in [4.69, 9.17) is 5.73 Å². The fraction of sp³-hybridized carbons (Fsp3) is 0.538. The first-order valence-electron chi connectivity index (χ1n) is 6.53. The Balaban J connectivity index is 2.87. The van der Waals surface area contributed by atoms with E-state index in [1.807, 2.05) is 6.92 Å². The highest BCUT2D eigenvalue weighted by Gasteiger charge is 2.18. The van der Waals surface area contributed by atoms with Crippen LogP contribution in [0.25, 0.3) is 0 Å². The van der Waals surface area contributed by atoms with E-state index >= 15 is 0 Å².